The van der Waals surface area contributed by atoms with E-state index in [9.17, 15) is 14.4 Å². The summed E-state index contributed by atoms with van der Waals surface area (Å²) in [5.74, 6) is -0.398. The molecule has 0 unspecified atom stereocenters. The van der Waals surface area contributed by atoms with Crippen LogP contribution >= 0.6 is 0 Å². The van der Waals surface area contributed by atoms with Crippen LogP contribution in [0.15, 0.2) is 0 Å². The molecule has 18 heavy (non-hydrogen) atoms. The summed E-state index contributed by atoms with van der Waals surface area (Å²) in [5, 5.41) is 2.68. The van der Waals surface area contributed by atoms with Crippen molar-refractivity contribution in [3.63, 3.8) is 0 Å². The van der Waals surface area contributed by atoms with Crippen LogP contribution in [0, 0.1) is 5.92 Å². The molecule has 100 valence electrons. The van der Waals surface area contributed by atoms with Gasteiger partial charge in [-0.1, -0.05) is 0 Å². The molecule has 0 saturated carbocycles. The van der Waals surface area contributed by atoms with Crippen molar-refractivity contribution in [1.82, 2.24) is 15.1 Å². The minimum Gasteiger partial charge on any atom is -0.353 e. The van der Waals surface area contributed by atoms with E-state index in [4.69, 9.17) is 5.73 Å². The number of carbonyl (C=O) groups is 3. The topological polar surface area (TPSA) is 95.7 Å². The zero-order valence-corrected chi connectivity index (χ0v) is 10.2. The molecule has 2 aliphatic heterocycles. The van der Waals surface area contributed by atoms with E-state index in [0.717, 1.165) is 12.8 Å². The molecule has 0 aromatic rings. The number of nitrogens with zero attached hydrogens (tertiary/aromatic N) is 2. The average Bonchev–Trinajstić information content (AvgIpc) is 2.38. The predicted molar refractivity (Wildman–Crippen MR) is 63.5 cm³/mol. The number of carbonyl (C=O) groups excluding carboxylic acids is 3. The molecule has 7 heteroatoms. The van der Waals surface area contributed by atoms with Gasteiger partial charge in [0.15, 0.2) is 0 Å². The van der Waals surface area contributed by atoms with Crippen LogP contribution in [0.4, 0.5) is 4.79 Å². The van der Waals surface area contributed by atoms with Crippen LogP contribution in [-0.4, -0.2) is 60.4 Å². The van der Waals surface area contributed by atoms with Crippen molar-refractivity contribution in [3.05, 3.63) is 0 Å². The van der Waals surface area contributed by atoms with E-state index in [-0.39, 0.29) is 24.3 Å². The summed E-state index contributed by atoms with van der Waals surface area (Å²) in [6.07, 6.45) is 1.53. The summed E-state index contributed by atoms with van der Waals surface area (Å²) in [7, 11) is 0. The van der Waals surface area contributed by atoms with E-state index >= 15 is 0 Å². The Morgan fingerprint density at radius 3 is 2.72 bits per heavy atom. The van der Waals surface area contributed by atoms with Crippen molar-refractivity contribution in [2.75, 3.05) is 32.7 Å². The Balaban J connectivity index is 1.95. The van der Waals surface area contributed by atoms with Crippen molar-refractivity contribution in [3.8, 4) is 0 Å². The van der Waals surface area contributed by atoms with E-state index in [1.807, 2.05) is 0 Å². The molecular weight excluding hydrogens is 236 g/mol. The Labute approximate surface area is 105 Å². The normalized spacial score (nSPS) is 24.7. The molecule has 0 aliphatic carbocycles. The van der Waals surface area contributed by atoms with Crippen LogP contribution < -0.4 is 11.1 Å². The number of piperidine rings is 1. The lowest BCUT2D eigenvalue weighted by Gasteiger charge is -2.35. The molecule has 0 aromatic heterocycles. The van der Waals surface area contributed by atoms with Crippen molar-refractivity contribution < 1.29 is 14.4 Å². The fourth-order valence-electron chi connectivity index (χ4n) is 2.46. The maximum Gasteiger partial charge on any atom is 0.314 e. The highest BCUT2D eigenvalue weighted by atomic mass is 16.2. The summed E-state index contributed by atoms with van der Waals surface area (Å²) < 4.78 is 0. The smallest absolute Gasteiger partial charge is 0.314 e. The van der Waals surface area contributed by atoms with Crippen molar-refractivity contribution in [2.45, 2.75) is 12.8 Å². The highest BCUT2D eigenvalue weighted by molar-refractivity contribution is 5.87. The van der Waals surface area contributed by atoms with E-state index in [1.54, 1.807) is 4.90 Å². The van der Waals surface area contributed by atoms with Gasteiger partial charge in [-0.2, -0.15) is 0 Å². The largest absolute Gasteiger partial charge is 0.353 e. The second-order valence-electron chi connectivity index (χ2n) is 4.73. The second kappa shape index (κ2) is 5.24. The Morgan fingerprint density at radius 2 is 2.06 bits per heavy atom. The lowest BCUT2D eigenvalue weighted by Crippen LogP contribution is -2.54. The molecule has 0 radical (unpaired) electrons. The fraction of sp³-hybridized carbons (Fsp3) is 0.727. The SMILES string of the molecule is NC(=O)N1CCC[C@@H](C(=O)N2CCNC(=O)C2)C1. The third-order valence-electron chi connectivity index (χ3n) is 3.43. The lowest BCUT2D eigenvalue weighted by molar-refractivity contribution is -0.142. The van der Waals surface area contributed by atoms with Gasteiger partial charge in [-0.25, -0.2) is 4.79 Å². The fourth-order valence-corrected chi connectivity index (χ4v) is 2.46. The van der Waals surface area contributed by atoms with Crippen molar-refractivity contribution in [2.24, 2.45) is 11.7 Å². The number of urea groups is 1. The van der Waals surface area contributed by atoms with Gasteiger partial charge >= 0.3 is 6.03 Å². The summed E-state index contributed by atoms with van der Waals surface area (Å²) in [4.78, 5) is 37.6. The molecule has 4 amide bonds. The molecule has 0 bridgehead atoms. The molecule has 2 rings (SSSR count). The summed E-state index contributed by atoms with van der Waals surface area (Å²) >= 11 is 0. The van der Waals surface area contributed by atoms with Crippen LogP contribution in [0.3, 0.4) is 0 Å². The van der Waals surface area contributed by atoms with Gasteiger partial charge in [0.05, 0.1) is 12.5 Å². The van der Waals surface area contributed by atoms with Gasteiger partial charge < -0.3 is 20.9 Å². The number of hydrogen-bond donors (Lipinski definition) is 2. The molecule has 2 heterocycles. The Morgan fingerprint density at radius 1 is 1.28 bits per heavy atom. The maximum absolute atomic E-state index is 12.2. The van der Waals surface area contributed by atoms with E-state index in [0.29, 0.717) is 26.2 Å². The number of rotatable bonds is 1. The third kappa shape index (κ3) is 2.72. The van der Waals surface area contributed by atoms with Gasteiger partial charge in [0, 0.05) is 26.2 Å². The van der Waals surface area contributed by atoms with Gasteiger partial charge in [-0.05, 0) is 12.8 Å². The third-order valence-corrected chi connectivity index (χ3v) is 3.43. The molecule has 0 aromatic carbocycles. The summed E-state index contributed by atoms with van der Waals surface area (Å²) in [5.41, 5.74) is 5.23. The van der Waals surface area contributed by atoms with Gasteiger partial charge in [0.25, 0.3) is 0 Å². The molecular formula is C11H18N4O3. The van der Waals surface area contributed by atoms with Gasteiger partial charge in [0.2, 0.25) is 11.8 Å². The monoisotopic (exact) mass is 254 g/mol. The minimum atomic E-state index is -0.483. The zero-order valence-electron chi connectivity index (χ0n) is 10.2. The number of hydrogen-bond acceptors (Lipinski definition) is 3. The Kier molecular flexibility index (Phi) is 3.69. The number of nitrogens with one attached hydrogen (secondary N) is 1. The molecule has 1 atom stereocenters. The highest BCUT2D eigenvalue weighted by Crippen LogP contribution is 2.19. The number of amides is 4. The van der Waals surface area contributed by atoms with Crippen LogP contribution in [0.1, 0.15) is 12.8 Å². The molecule has 2 fully saturated rings. The van der Waals surface area contributed by atoms with Gasteiger partial charge in [-0.3, -0.25) is 9.59 Å². The average molecular weight is 254 g/mol. The van der Waals surface area contributed by atoms with Crippen LogP contribution in [0.5, 0.6) is 0 Å². The molecule has 2 aliphatic rings. The number of likely N-dealkylation sites (tertiary alicyclic amines) is 1. The van der Waals surface area contributed by atoms with Crippen LogP contribution in [-0.2, 0) is 9.59 Å². The van der Waals surface area contributed by atoms with E-state index < -0.39 is 6.03 Å². The van der Waals surface area contributed by atoms with Crippen LogP contribution in [0.2, 0.25) is 0 Å². The first-order valence-electron chi connectivity index (χ1n) is 6.18. The first-order chi connectivity index (χ1) is 8.58. The lowest BCUT2D eigenvalue weighted by atomic mass is 9.96. The van der Waals surface area contributed by atoms with Crippen LogP contribution in [0.25, 0.3) is 0 Å². The molecule has 2 saturated heterocycles. The number of primary amides is 1. The number of piperazine rings is 1. The number of nitrogens with two attached hydrogens (primary N) is 1. The maximum atomic E-state index is 12.2. The Hall–Kier alpha value is -1.79. The van der Waals surface area contributed by atoms with E-state index in [1.165, 1.54) is 4.90 Å². The van der Waals surface area contributed by atoms with Gasteiger partial charge in [0.1, 0.15) is 0 Å². The highest BCUT2D eigenvalue weighted by Gasteiger charge is 2.32. The molecule has 7 nitrogen and oxygen atoms in total. The predicted octanol–water partition coefficient (Wildman–Crippen LogP) is -1.26. The standard InChI is InChI=1S/C11H18N4O3/c12-11(18)15-4-1-2-8(6-15)10(17)14-5-3-13-9(16)7-14/h8H,1-7H2,(H2,12,18)(H,13,16)/t8-/m1/s1. The van der Waals surface area contributed by atoms with E-state index in [2.05, 4.69) is 5.32 Å². The minimum absolute atomic E-state index is 0.0456. The van der Waals surface area contributed by atoms with Crippen molar-refractivity contribution in [1.29, 1.82) is 0 Å². The zero-order chi connectivity index (χ0) is 13.1. The summed E-state index contributed by atoms with van der Waals surface area (Å²) in [6, 6.07) is -0.483. The first kappa shape index (κ1) is 12.7. The summed E-state index contributed by atoms with van der Waals surface area (Å²) in [6.45, 7) is 2.13. The molecule has 3 N–H and O–H groups in total. The second-order valence-corrected chi connectivity index (χ2v) is 4.73. The first-order valence-corrected chi connectivity index (χ1v) is 6.18. The van der Waals surface area contributed by atoms with Crippen molar-refractivity contribution >= 4 is 17.8 Å². The van der Waals surface area contributed by atoms with Gasteiger partial charge in [-0.15, -0.1) is 0 Å². The molecule has 0 spiro atoms. The quantitative estimate of drug-likeness (QED) is 0.611. The Bertz CT molecular complexity index is 371.